The maximum absolute atomic E-state index is 10.2. The first-order chi connectivity index (χ1) is 3.65. The zero-order valence-electron chi connectivity index (χ0n) is 3.71. The van der Waals surface area contributed by atoms with Crippen LogP contribution in [0.4, 0.5) is 13.6 Å². The van der Waals surface area contributed by atoms with Crippen molar-refractivity contribution < 1.29 is 23.8 Å². The highest BCUT2D eigenvalue weighted by atomic mass is 19.2. The van der Waals surface area contributed by atoms with Crippen molar-refractivity contribution in [2.75, 3.05) is 0 Å². The Hall–Kier alpha value is -1.13. The highest BCUT2D eigenvalue weighted by Gasteiger charge is 1.70. The van der Waals surface area contributed by atoms with Gasteiger partial charge >= 0.3 is 6.16 Å². The summed E-state index contributed by atoms with van der Waals surface area (Å²) in [6.45, 7) is 0. The van der Waals surface area contributed by atoms with Gasteiger partial charge in [0, 0.05) is 0 Å². The number of carboxylic acid groups (broad SMARTS) is 2. The maximum atomic E-state index is 10.2. The molecule has 2 N–H and O–H groups in total. The molecule has 0 spiro atoms. The summed E-state index contributed by atoms with van der Waals surface area (Å²) in [7, 11) is 0. The lowest BCUT2D eigenvalue weighted by molar-refractivity contribution is 0.137. The van der Waals surface area contributed by atoms with Crippen LogP contribution in [0.2, 0.25) is 0 Å². The average Bonchev–Trinajstić information content (AvgIpc) is 1.65. The Morgan fingerprint density at radius 2 is 1.38 bits per heavy atom. The first-order valence-corrected chi connectivity index (χ1v) is 1.42. The summed E-state index contributed by atoms with van der Waals surface area (Å²) in [4.78, 5) is 8.56. The Bertz CT molecular complexity index is 72.6. The smallest absolute Gasteiger partial charge is 0.450 e. The third kappa shape index (κ3) is 4320. The van der Waals surface area contributed by atoms with Crippen molar-refractivity contribution in [1.29, 1.82) is 0 Å². The highest BCUT2D eigenvalue weighted by molar-refractivity contribution is 5.53. The van der Waals surface area contributed by atoms with Crippen LogP contribution in [0.3, 0.4) is 0 Å². The Kier molecular flexibility index (Phi) is 11.6. The molecular formula is C3H4F2O3. The van der Waals surface area contributed by atoms with Crippen molar-refractivity contribution in [2.45, 2.75) is 0 Å². The highest BCUT2D eigenvalue weighted by Crippen LogP contribution is 1.67. The van der Waals surface area contributed by atoms with Crippen LogP contribution >= 0.6 is 0 Å². The number of carbonyl (C=O) groups is 1. The molecule has 0 aromatic carbocycles. The Labute approximate surface area is 43.9 Å². The molecule has 0 saturated heterocycles. The van der Waals surface area contributed by atoms with Crippen molar-refractivity contribution in [2.24, 2.45) is 0 Å². The minimum Gasteiger partial charge on any atom is -0.450 e. The van der Waals surface area contributed by atoms with E-state index in [9.17, 15) is 8.78 Å². The second-order valence-electron chi connectivity index (χ2n) is 0.535. The van der Waals surface area contributed by atoms with Crippen LogP contribution in [-0.2, 0) is 0 Å². The van der Waals surface area contributed by atoms with Gasteiger partial charge in [-0.2, -0.15) is 0 Å². The summed E-state index contributed by atoms with van der Waals surface area (Å²) in [6, 6.07) is 0. The molecule has 0 bridgehead atoms. The molecule has 0 aromatic rings. The summed E-state index contributed by atoms with van der Waals surface area (Å²) in [5, 5.41) is 13.9. The van der Waals surface area contributed by atoms with Gasteiger partial charge in [-0.15, -0.1) is 0 Å². The molecule has 48 valence electrons. The minimum atomic E-state index is -1.83. The molecule has 0 aliphatic rings. The monoisotopic (exact) mass is 126 g/mol. The van der Waals surface area contributed by atoms with Gasteiger partial charge in [0.15, 0.2) is 0 Å². The summed E-state index contributed by atoms with van der Waals surface area (Å²) in [6.07, 6.45) is -2.17. The number of hydrogen-bond donors (Lipinski definition) is 2. The van der Waals surface area contributed by atoms with E-state index in [2.05, 4.69) is 0 Å². The van der Waals surface area contributed by atoms with Gasteiger partial charge in [0.25, 0.3) is 0 Å². The zero-order chi connectivity index (χ0) is 6.99. The SMILES string of the molecule is F/C=C\F.O=C(O)O. The summed E-state index contributed by atoms with van der Waals surface area (Å²) < 4.78 is 20.3. The Balaban J connectivity index is 0. The van der Waals surface area contributed by atoms with Crippen LogP contribution in [-0.4, -0.2) is 16.4 Å². The van der Waals surface area contributed by atoms with Gasteiger partial charge in [-0.3, -0.25) is 0 Å². The molecule has 0 aromatic heterocycles. The summed E-state index contributed by atoms with van der Waals surface area (Å²) in [5.74, 6) is 0. The van der Waals surface area contributed by atoms with E-state index in [4.69, 9.17) is 15.0 Å². The normalized spacial score (nSPS) is 7.75. The molecule has 0 atom stereocenters. The van der Waals surface area contributed by atoms with Gasteiger partial charge in [-0.05, 0) is 0 Å². The zero-order valence-corrected chi connectivity index (χ0v) is 3.71. The quantitative estimate of drug-likeness (QED) is 0.518. The number of rotatable bonds is 0. The first kappa shape index (κ1) is 9.98. The van der Waals surface area contributed by atoms with Crippen molar-refractivity contribution in [3.63, 3.8) is 0 Å². The van der Waals surface area contributed by atoms with Crippen molar-refractivity contribution in [3.8, 4) is 0 Å². The van der Waals surface area contributed by atoms with Gasteiger partial charge in [0.05, 0.1) is 0 Å². The lowest BCUT2D eigenvalue weighted by Gasteiger charge is -1.60. The molecule has 5 heteroatoms. The Morgan fingerprint density at radius 3 is 1.38 bits per heavy atom. The fourth-order valence-corrected chi connectivity index (χ4v) is 0. The van der Waals surface area contributed by atoms with Gasteiger partial charge in [-0.1, -0.05) is 0 Å². The van der Waals surface area contributed by atoms with Gasteiger partial charge in [0.2, 0.25) is 0 Å². The number of hydrogen-bond acceptors (Lipinski definition) is 1. The average molecular weight is 126 g/mol. The molecule has 3 nitrogen and oxygen atoms in total. The third-order valence-corrected chi connectivity index (χ3v) is 0.0476. The van der Waals surface area contributed by atoms with Crippen molar-refractivity contribution in [1.82, 2.24) is 0 Å². The molecule has 0 radical (unpaired) electrons. The largest absolute Gasteiger partial charge is 0.503 e. The van der Waals surface area contributed by atoms with Crippen LogP contribution in [0.25, 0.3) is 0 Å². The molecule has 8 heavy (non-hydrogen) atoms. The summed E-state index contributed by atoms with van der Waals surface area (Å²) >= 11 is 0. The van der Waals surface area contributed by atoms with Crippen LogP contribution < -0.4 is 0 Å². The molecule has 0 unspecified atom stereocenters. The van der Waals surface area contributed by atoms with E-state index < -0.39 is 6.16 Å². The number of halogens is 2. The van der Waals surface area contributed by atoms with Crippen LogP contribution in [0.15, 0.2) is 12.7 Å². The van der Waals surface area contributed by atoms with Gasteiger partial charge in [0.1, 0.15) is 12.7 Å². The molecule has 0 rings (SSSR count). The molecule has 0 aliphatic heterocycles. The van der Waals surface area contributed by atoms with Gasteiger partial charge < -0.3 is 10.2 Å². The summed E-state index contributed by atoms with van der Waals surface area (Å²) in [5.41, 5.74) is 0. The van der Waals surface area contributed by atoms with Crippen molar-refractivity contribution in [3.05, 3.63) is 12.7 Å². The molecule has 0 aliphatic carbocycles. The standard InChI is InChI=1S/C2H2F2.CH2O3/c3-1-2-4;2-1(3)4/h1-2H;(H2,2,3,4)/b2-1-;. The van der Waals surface area contributed by atoms with Gasteiger partial charge in [-0.25, -0.2) is 13.6 Å². The van der Waals surface area contributed by atoms with E-state index in [0.29, 0.717) is 0 Å². The predicted octanol–water partition coefficient (Wildman–Crippen LogP) is 1.62. The van der Waals surface area contributed by atoms with E-state index in [1.54, 1.807) is 0 Å². The van der Waals surface area contributed by atoms with Crippen LogP contribution in [0.5, 0.6) is 0 Å². The molecule has 0 amide bonds. The second-order valence-corrected chi connectivity index (χ2v) is 0.535. The van der Waals surface area contributed by atoms with Crippen LogP contribution in [0.1, 0.15) is 0 Å². The van der Waals surface area contributed by atoms with E-state index in [1.807, 2.05) is 0 Å². The molecule has 0 saturated carbocycles. The third-order valence-electron chi connectivity index (χ3n) is 0.0476. The first-order valence-electron chi connectivity index (χ1n) is 1.42. The van der Waals surface area contributed by atoms with E-state index >= 15 is 0 Å². The Morgan fingerprint density at radius 1 is 1.25 bits per heavy atom. The van der Waals surface area contributed by atoms with E-state index in [0.717, 1.165) is 0 Å². The second kappa shape index (κ2) is 9.30. The lowest BCUT2D eigenvalue weighted by Crippen LogP contribution is -1.81. The fourth-order valence-electron chi connectivity index (χ4n) is 0. The predicted molar refractivity (Wildman–Crippen MR) is 22.0 cm³/mol. The molecule has 0 fully saturated rings. The van der Waals surface area contributed by atoms with Crippen molar-refractivity contribution >= 4 is 6.16 Å². The van der Waals surface area contributed by atoms with Crippen LogP contribution in [0, 0.1) is 0 Å². The molecule has 0 heterocycles. The van der Waals surface area contributed by atoms with E-state index in [-0.39, 0.29) is 12.7 Å². The fraction of sp³-hybridized carbons (Fsp3) is 0. The lowest BCUT2D eigenvalue weighted by atomic mass is 11.2. The molecular weight excluding hydrogens is 122 g/mol. The minimum absolute atomic E-state index is 0.167. The van der Waals surface area contributed by atoms with E-state index in [1.165, 1.54) is 0 Å². The topological polar surface area (TPSA) is 57.5 Å². The maximum Gasteiger partial charge on any atom is 0.503 e.